The molecule has 162 valence electrons. The van der Waals surface area contributed by atoms with Crippen molar-refractivity contribution in [2.45, 2.75) is 24.4 Å². The van der Waals surface area contributed by atoms with E-state index in [1.165, 1.54) is 5.56 Å². The minimum Gasteiger partial charge on any atom is -0.456 e. The zero-order chi connectivity index (χ0) is 21.7. The quantitative estimate of drug-likeness (QED) is 0.482. The van der Waals surface area contributed by atoms with Gasteiger partial charge in [-0.15, -0.1) is 0 Å². The minimum absolute atomic E-state index is 0.261. The van der Waals surface area contributed by atoms with Crippen molar-refractivity contribution in [3.8, 4) is 28.3 Å². The molecular formula is C25H21ClN2O4. The maximum atomic E-state index is 9.91. The van der Waals surface area contributed by atoms with Crippen LogP contribution in [0.4, 0.5) is 0 Å². The number of imidazole rings is 1. The molecule has 2 aliphatic heterocycles. The number of rotatable bonds is 4. The molecule has 0 spiro atoms. The fraction of sp³-hybridized carbons (Fsp3) is 0.240. The topological polar surface area (TPSA) is 76.6 Å². The molecule has 3 heterocycles. The predicted octanol–water partition coefficient (Wildman–Crippen LogP) is 4.46. The summed E-state index contributed by atoms with van der Waals surface area (Å²) < 4.78 is 17.2. The van der Waals surface area contributed by atoms with Crippen molar-refractivity contribution in [1.29, 1.82) is 0 Å². The Hall–Kier alpha value is -2.90. The van der Waals surface area contributed by atoms with Gasteiger partial charge in [-0.3, -0.25) is 0 Å². The molecule has 6 nitrogen and oxygen atoms in total. The summed E-state index contributed by atoms with van der Waals surface area (Å²) in [6.45, 7) is 0.612. The molecule has 2 saturated heterocycles. The number of fused-ring (bicyclic) bond motifs is 2. The summed E-state index contributed by atoms with van der Waals surface area (Å²) in [6.07, 6.45) is -1.57. The molecule has 0 bridgehead atoms. The second kappa shape index (κ2) is 7.90. The van der Waals surface area contributed by atoms with E-state index < -0.39 is 6.10 Å². The Bertz CT molecular complexity index is 1260. The third-order valence-corrected chi connectivity index (χ3v) is 6.41. The first-order chi connectivity index (χ1) is 15.7. The van der Waals surface area contributed by atoms with Gasteiger partial charge >= 0.3 is 0 Å². The zero-order valence-electron chi connectivity index (χ0n) is 17.1. The highest BCUT2D eigenvalue weighted by Gasteiger charge is 2.48. The Kier molecular flexibility index (Phi) is 4.88. The van der Waals surface area contributed by atoms with Crippen molar-refractivity contribution < 1.29 is 19.3 Å². The van der Waals surface area contributed by atoms with Gasteiger partial charge in [-0.05, 0) is 28.8 Å². The van der Waals surface area contributed by atoms with Gasteiger partial charge in [0.2, 0.25) is 0 Å². The van der Waals surface area contributed by atoms with Gasteiger partial charge in [0.25, 0.3) is 6.01 Å². The summed E-state index contributed by atoms with van der Waals surface area (Å²) in [5.74, 6) is 0. The molecule has 0 amide bonds. The van der Waals surface area contributed by atoms with Crippen LogP contribution < -0.4 is 4.74 Å². The molecule has 0 radical (unpaired) electrons. The third kappa shape index (κ3) is 3.45. The molecule has 2 fully saturated rings. The molecule has 4 unspecified atom stereocenters. The lowest BCUT2D eigenvalue weighted by molar-refractivity contribution is 0.00706. The maximum Gasteiger partial charge on any atom is 0.295 e. The number of benzene rings is 3. The number of aromatic amines is 1. The maximum absolute atomic E-state index is 9.91. The standard InChI is InChI=1S/C25H21ClN2O4/c26-18-11-20-19(27-25(28-20)32-22-13-31-23-21(29)12-30-24(22)23)10-17(18)16-8-6-15(7-9-16)14-4-2-1-3-5-14/h1-11,21-24,29H,12-13H2,(H,27,28). The van der Waals surface area contributed by atoms with E-state index in [0.717, 1.165) is 27.7 Å². The molecular weight excluding hydrogens is 428 g/mol. The normalized spacial score (nSPS) is 24.7. The Morgan fingerprint density at radius 1 is 0.906 bits per heavy atom. The summed E-state index contributed by atoms with van der Waals surface area (Å²) in [4.78, 5) is 7.76. The van der Waals surface area contributed by atoms with Crippen LogP contribution in [0.2, 0.25) is 5.02 Å². The third-order valence-electron chi connectivity index (χ3n) is 6.10. The number of hydrogen-bond donors (Lipinski definition) is 2. The lowest BCUT2D eigenvalue weighted by atomic mass is 10.00. The number of aliphatic hydroxyl groups excluding tert-OH is 1. The lowest BCUT2D eigenvalue weighted by Gasteiger charge is -2.15. The molecule has 4 aromatic rings. The first kappa shape index (κ1) is 19.8. The Balaban J connectivity index is 1.26. The van der Waals surface area contributed by atoms with E-state index in [1.807, 2.05) is 30.3 Å². The number of halogens is 1. The molecule has 2 N–H and O–H groups in total. The number of aliphatic hydroxyl groups is 1. The first-order valence-electron chi connectivity index (χ1n) is 10.6. The van der Waals surface area contributed by atoms with Gasteiger partial charge in [0.15, 0.2) is 6.10 Å². The highest BCUT2D eigenvalue weighted by atomic mass is 35.5. The number of nitrogens with one attached hydrogen (secondary N) is 1. The molecule has 4 atom stereocenters. The van der Waals surface area contributed by atoms with Gasteiger partial charge in [0.1, 0.15) is 18.3 Å². The van der Waals surface area contributed by atoms with E-state index in [2.05, 4.69) is 46.4 Å². The fourth-order valence-corrected chi connectivity index (χ4v) is 4.72. The summed E-state index contributed by atoms with van der Waals surface area (Å²) in [7, 11) is 0. The number of nitrogens with zero attached hydrogens (tertiary/aromatic N) is 1. The first-order valence-corrected chi connectivity index (χ1v) is 11.0. The van der Waals surface area contributed by atoms with E-state index in [1.54, 1.807) is 0 Å². The molecule has 0 aliphatic carbocycles. The van der Waals surface area contributed by atoms with E-state index in [-0.39, 0.29) is 24.9 Å². The van der Waals surface area contributed by atoms with Gasteiger partial charge in [-0.25, -0.2) is 0 Å². The average molecular weight is 449 g/mol. The summed E-state index contributed by atoms with van der Waals surface area (Å²) in [6, 6.07) is 22.8. The monoisotopic (exact) mass is 448 g/mol. The molecule has 1 aromatic heterocycles. The molecule has 2 aliphatic rings. The van der Waals surface area contributed by atoms with Crippen LogP contribution in [0.5, 0.6) is 6.01 Å². The van der Waals surface area contributed by atoms with Crippen LogP contribution in [0.1, 0.15) is 0 Å². The second-order valence-electron chi connectivity index (χ2n) is 8.15. The minimum atomic E-state index is -0.612. The van der Waals surface area contributed by atoms with Gasteiger partial charge in [-0.1, -0.05) is 66.2 Å². The smallest absolute Gasteiger partial charge is 0.295 e. The van der Waals surface area contributed by atoms with Gasteiger partial charge < -0.3 is 24.3 Å². The Labute approximate surface area is 189 Å². The number of hydrogen-bond acceptors (Lipinski definition) is 5. The molecule has 32 heavy (non-hydrogen) atoms. The van der Waals surface area contributed by atoms with Crippen LogP contribution in [0, 0.1) is 0 Å². The fourth-order valence-electron chi connectivity index (χ4n) is 4.45. The van der Waals surface area contributed by atoms with Crippen molar-refractivity contribution in [3.63, 3.8) is 0 Å². The van der Waals surface area contributed by atoms with Crippen molar-refractivity contribution >= 4 is 22.6 Å². The van der Waals surface area contributed by atoms with E-state index in [0.29, 0.717) is 17.6 Å². The molecule has 6 rings (SSSR count). The number of ether oxygens (including phenoxy) is 3. The molecule has 3 aromatic carbocycles. The van der Waals surface area contributed by atoms with Gasteiger partial charge in [-0.2, -0.15) is 4.98 Å². The second-order valence-corrected chi connectivity index (χ2v) is 8.56. The van der Waals surface area contributed by atoms with Gasteiger partial charge in [0, 0.05) is 5.56 Å². The van der Waals surface area contributed by atoms with Crippen LogP contribution >= 0.6 is 11.6 Å². The molecule has 7 heteroatoms. The highest BCUT2D eigenvalue weighted by Crippen LogP contribution is 2.34. The summed E-state index contributed by atoms with van der Waals surface area (Å²) in [5, 5.41) is 10.5. The van der Waals surface area contributed by atoms with Crippen molar-refractivity contribution in [2.75, 3.05) is 13.2 Å². The van der Waals surface area contributed by atoms with Crippen molar-refractivity contribution in [2.24, 2.45) is 0 Å². The van der Waals surface area contributed by atoms with E-state index >= 15 is 0 Å². The highest BCUT2D eigenvalue weighted by molar-refractivity contribution is 6.34. The largest absolute Gasteiger partial charge is 0.456 e. The Morgan fingerprint density at radius 3 is 2.44 bits per heavy atom. The Morgan fingerprint density at radius 2 is 1.62 bits per heavy atom. The van der Waals surface area contributed by atoms with E-state index in [4.69, 9.17) is 25.8 Å². The number of aromatic nitrogens is 2. The van der Waals surface area contributed by atoms with Crippen LogP contribution in [0.3, 0.4) is 0 Å². The van der Waals surface area contributed by atoms with Crippen LogP contribution in [0.25, 0.3) is 33.3 Å². The van der Waals surface area contributed by atoms with Crippen LogP contribution in [-0.2, 0) is 9.47 Å². The van der Waals surface area contributed by atoms with Gasteiger partial charge in [0.05, 0.1) is 29.3 Å². The summed E-state index contributed by atoms with van der Waals surface area (Å²) >= 11 is 6.61. The SMILES string of the molecule is OC1COC2C(Oc3nc4cc(-c5ccc(-c6ccccc6)cc5)c(Cl)cc4[nH]3)COC12. The van der Waals surface area contributed by atoms with Crippen LogP contribution in [0.15, 0.2) is 66.7 Å². The van der Waals surface area contributed by atoms with E-state index in [9.17, 15) is 5.11 Å². The predicted molar refractivity (Wildman–Crippen MR) is 122 cm³/mol. The number of H-pyrrole nitrogens is 1. The lowest BCUT2D eigenvalue weighted by Crippen LogP contribution is -2.34. The zero-order valence-corrected chi connectivity index (χ0v) is 17.8. The van der Waals surface area contributed by atoms with Crippen molar-refractivity contribution in [3.05, 3.63) is 71.8 Å². The van der Waals surface area contributed by atoms with Crippen LogP contribution in [-0.4, -0.2) is 52.7 Å². The summed E-state index contributed by atoms with van der Waals surface area (Å²) in [5.41, 5.74) is 5.79. The average Bonchev–Trinajstić information content (AvgIpc) is 3.51. The molecule has 0 saturated carbocycles. The van der Waals surface area contributed by atoms with Crippen molar-refractivity contribution in [1.82, 2.24) is 9.97 Å².